The van der Waals surface area contributed by atoms with Gasteiger partial charge < -0.3 is 11.5 Å². The van der Waals surface area contributed by atoms with Gasteiger partial charge in [0.1, 0.15) is 23.8 Å². The molecular weight excluding hydrogens is 318 g/mol. The first kappa shape index (κ1) is 15.6. The summed E-state index contributed by atoms with van der Waals surface area (Å²) >= 11 is 12.4. The fourth-order valence-electron chi connectivity index (χ4n) is 2.34. The first-order valence-electron chi connectivity index (χ1n) is 4.98. The van der Waals surface area contributed by atoms with Gasteiger partial charge in [0, 0.05) is 10.1 Å². The third kappa shape index (κ3) is 2.11. The summed E-state index contributed by atoms with van der Waals surface area (Å²) in [5.74, 6) is 0.721. The summed E-state index contributed by atoms with van der Waals surface area (Å²) in [7, 11) is 0. The number of hydrogen-bond donors (Lipinski definition) is 2. The van der Waals surface area contributed by atoms with Crippen LogP contribution in [0.2, 0.25) is 0 Å². The van der Waals surface area contributed by atoms with Crippen LogP contribution in [0.25, 0.3) is 0 Å². The normalized spacial score (nSPS) is 36.1. The third-order valence-electron chi connectivity index (χ3n) is 3.18. The van der Waals surface area contributed by atoms with Crippen LogP contribution < -0.4 is 11.5 Å². The molecule has 0 fully saturated rings. The Hall–Kier alpha value is -0.420. The predicted octanol–water partition coefficient (Wildman–Crippen LogP) is 1.80. The van der Waals surface area contributed by atoms with Crippen LogP contribution in [0.5, 0.6) is 0 Å². The first-order valence-corrected chi connectivity index (χ1v) is 5.74. The van der Waals surface area contributed by atoms with Crippen LogP contribution in [0.1, 0.15) is 0 Å². The molecule has 5 heterocycles. The highest BCUT2D eigenvalue weighted by Gasteiger charge is 2.41. The van der Waals surface area contributed by atoms with Gasteiger partial charge in [-0.05, 0) is 0 Å². The van der Waals surface area contributed by atoms with Crippen molar-refractivity contribution in [3.63, 3.8) is 0 Å². The maximum Gasteiger partial charge on any atom is 0.104 e. The van der Waals surface area contributed by atoms with Gasteiger partial charge in [-0.2, -0.15) is 0 Å². The summed E-state index contributed by atoms with van der Waals surface area (Å²) in [6, 6.07) is -0.534. The zero-order valence-electron chi connectivity index (χ0n) is 9.09. The van der Waals surface area contributed by atoms with E-state index in [0.29, 0.717) is 21.7 Å². The van der Waals surface area contributed by atoms with E-state index in [0.717, 1.165) is 0 Å². The highest BCUT2D eigenvalue weighted by atomic mass is 35.5. The highest BCUT2D eigenvalue weighted by molar-refractivity contribution is 6.33. The molecule has 5 aliphatic heterocycles. The smallest absolute Gasteiger partial charge is 0.104 e. The summed E-state index contributed by atoms with van der Waals surface area (Å²) in [5, 5.41) is 1.35. The first-order chi connectivity index (χ1) is 7.58. The lowest BCUT2D eigenvalue weighted by atomic mass is 9.83. The molecule has 18 heavy (non-hydrogen) atoms. The third-order valence-corrected chi connectivity index (χ3v) is 3.88. The molecule has 0 saturated heterocycles. The molecule has 0 spiro atoms. The van der Waals surface area contributed by atoms with E-state index >= 15 is 0 Å². The molecular formula is C10H12Cl4N4. The maximum absolute atomic E-state index is 6.18. The molecule has 0 radical (unpaired) electrons. The van der Waals surface area contributed by atoms with Gasteiger partial charge in [-0.1, -0.05) is 35.4 Å². The number of amidine groups is 2. The van der Waals surface area contributed by atoms with E-state index in [4.69, 9.17) is 34.7 Å². The molecule has 4 atom stereocenters. The van der Waals surface area contributed by atoms with Crippen LogP contribution in [0.15, 0.2) is 32.2 Å². The minimum Gasteiger partial charge on any atom is -0.387 e. The van der Waals surface area contributed by atoms with Crippen molar-refractivity contribution in [1.82, 2.24) is 0 Å². The van der Waals surface area contributed by atoms with E-state index in [1.165, 1.54) is 0 Å². The summed E-state index contributed by atoms with van der Waals surface area (Å²) in [5.41, 5.74) is 11.8. The zero-order chi connectivity index (χ0) is 11.4. The number of halogens is 4. The summed E-state index contributed by atoms with van der Waals surface area (Å²) < 4.78 is 0. The molecule has 0 saturated carbocycles. The fraction of sp³-hybridized carbons (Fsp3) is 0.400. The lowest BCUT2D eigenvalue weighted by Crippen LogP contribution is -2.47. The molecule has 0 aromatic rings. The molecule has 1 aliphatic carbocycles. The van der Waals surface area contributed by atoms with Gasteiger partial charge >= 0.3 is 0 Å². The molecule has 4 nitrogen and oxygen atoms in total. The Balaban J connectivity index is 0.000000810. The zero-order valence-corrected chi connectivity index (χ0v) is 12.2. The molecule has 0 amide bonds. The SMILES string of the molecule is Cl.Cl.NC1=NC2C(Cl)=CC1C1N=C(N)C2C=C1Cl. The van der Waals surface area contributed by atoms with Gasteiger partial charge in [-0.15, -0.1) is 24.8 Å². The lowest BCUT2D eigenvalue weighted by Gasteiger charge is -2.37. The van der Waals surface area contributed by atoms with Crippen LogP contribution in [0.4, 0.5) is 0 Å². The fourth-order valence-corrected chi connectivity index (χ4v) is 2.98. The Morgan fingerprint density at radius 3 is 1.50 bits per heavy atom. The van der Waals surface area contributed by atoms with Gasteiger partial charge in [0.05, 0.1) is 11.8 Å². The number of aliphatic imine (C=N–C) groups is 2. The minimum absolute atomic E-state index is 0. The summed E-state index contributed by atoms with van der Waals surface area (Å²) in [4.78, 5) is 8.77. The number of nitrogens with zero attached hydrogens (tertiary/aromatic N) is 2. The van der Waals surface area contributed by atoms with E-state index in [9.17, 15) is 0 Å². The molecule has 4 N–H and O–H groups in total. The van der Waals surface area contributed by atoms with E-state index < -0.39 is 0 Å². The number of nitrogens with two attached hydrogens (primary N) is 2. The van der Waals surface area contributed by atoms with E-state index in [2.05, 4.69) is 9.98 Å². The van der Waals surface area contributed by atoms with Crippen LogP contribution in [-0.4, -0.2) is 23.8 Å². The minimum atomic E-state index is -0.267. The highest BCUT2D eigenvalue weighted by Crippen LogP contribution is 2.39. The standard InChI is InChI=1S/C10H10Cl2N4.2ClH/c11-5-1-3-7-6(12)2-4(10(14)15-7)8(5)16-9(3)13;;/h1-4,7-8H,(H2,13,16)(H2,14,15);2*1H. The van der Waals surface area contributed by atoms with Gasteiger partial charge in [0.2, 0.25) is 0 Å². The average molecular weight is 330 g/mol. The Labute approximate surface area is 127 Å². The monoisotopic (exact) mass is 328 g/mol. The van der Waals surface area contributed by atoms with Crippen LogP contribution in [0.3, 0.4) is 0 Å². The number of dihydropyridines is 2. The van der Waals surface area contributed by atoms with Crippen molar-refractivity contribution < 1.29 is 0 Å². The second kappa shape index (κ2) is 5.29. The predicted molar refractivity (Wildman–Crippen MR) is 80.2 cm³/mol. The van der Waals surface area contributed by atoms with Gasteiger partial charge in [-0.25, -0.2) is 0 Å². The van der Waals surface area contributed by atoms with Crippen molar-refractivity contribution in [3.05, 3.63) is 22.2 Å². The summed E-state index contributed by atoms with van der Waals surface area (Å²) in [6.45, 7) is 0. The van der Waals surface area contributed by atoms with Gasteiger partial charge in [-0.3, -0.25) is 9.98 Å². The van der Waals surface area contributed by atoms with E-state index in [-0.39, 0.29) is 48.7 Å². The van der Waals surface area contributed by atoms with Crippen molar-refractivity contribution in [2.24, 2.45) is 33.3 Å². The molecule has 100 valence electrons. The lowest BCUT2D eigenvalue weighted by molar-refractivity contribution is 0.577. The molecule has 0 aromatic heterocycles. The molecule has 0 aromatic carbocycles. The quantitative estimate of drug-likeness (QED) is 0.711. The van der Waals surface area contributed by atoms with Crippen molar-refractivity contribution in [1.29, 1.82) is 0 Å². The Morgan fingerprint density at radius 2 is 1.17 bits per heavy atom. The topological polar surface area (TPSA) is 76.8 Å². The van der Waals surface area contributed by atoms with Gasteiger partial charge in [0.25, 0.3) is 0 Å². The van der Waals surface area contributed by atoms with Gasteiger partial charge in [0.15, 0.2) is 0 Å². The molecule has 4 bridgehead atoms. The number of hydrogen-bond acceptors (Lipinski definition) is 4. The van der Waals surface area contributed by atoms with E-state index in [1.807, 2.05) is 12.2 Å². The van der Waals surface area contributed by atoms with Crippen molar-refractivity contribution in [3.8, 4) is 0 Å². The molecule has 8 heteroatoms. The number of rotatable bonds is 0. The average Bonchev–Trinajstić information content (AvgIpc) is 2.23. The Kier molecular flexibility index (Phi) is 4.60. The van der Waals surface area contributed by atoms with Crippen molar-refractivity contribution in [2.45, 2.75) is 12.1 Å². The molecule has 6 aliphatic rings. The Morgan fingerprint density at radius 1 is 0.833 bits per heavy atom. The Bertz CT molecular complexity index is 394. The van der Waals surface area contributed by atoms with Crippen LogP contribution in [0, 0.1) is 11.8 Å². The van der Waals surface area contributed by atoms with Crippen molar-refractivity contribution in [2.75, 3.05) is 0 Å². The van der Waals surface area contributed by atoms with E-state index in [1.54, 1.807) is 0 Å². The molecule has 6 rings (SSSR count). The summed E-state index contributed by atoms with van der Waals surface area (Å²) in [6.07, 6.45) is 3.77. The van der Waals surface area contributed by atoms with Crippen LogP contribution >= 0.6 is 48.0 Å². The largest absolute Gasteiger partial charge is 0.387 e. The van der Waals surface area contributed by atoms with Crippen molar-refractivity contribution >= 4 is 59.7 Å². The van der Waals surface area contributed by atoms with Crippen LogP contribution in [-0.2, 0) is 0 Å². The molecule has 4 unspecified atom stereocenters. The second-order valence-corrected chi connectivity index (χ2v) is 5.03. The second-order valence-electron chi connectivity index (χ2n) is 4.15. The maximum atomic E-state index is 6.18.